The molecule has 1 aliphatic heterocycles. The Kier molecular flexibility index (Phi) is 6.18. The number of amides is 2. The van der Waals surface area contributed by atoms with Crippen LogP contribution in [-0.2, 0) is 11.4 Å². The highest BCUT2D eigenvalue weighted by Crippen LogP contribution is 2.28. The number of rotatable bonds is 5. The molecular weight excluding hydrogens is 362 g/mol. The van der Waals surface area contributed by atoms with Crippen LogP contribution >= 0.6 is 0 Å². The molecule has 8 heteroatoms. The molecule has 0 radical (unpaired) electrons. The molecule has 0 bridgehead atoms. The minimum atomic E-state index is -0.201. The van der Waals surface area contributed by atoms with Gasteiger partial charge in [0.1, 0.15) is 6.61 Å². The molecule has 0 atom stereocenters. The maximum atomic E-state index is 12.7. The van der Waals surface area contributed by atoms with E-state index < -0.39 is 0 Å². The second kappa shape index (κ2) is 8.77. The van der Waals surface area contributed by atoms with E-state index in [-0.39, 0.29) is 24.1 Å². The number of ether oxygens (including phenoxy) is 2. The van der Waals surface area contributed by atoms with Gasteiger partial charge in [-0.25, -0.2) is 0 Å². The molecule has 1 fully saturated rings. The second-order valence-electron chi connectivity index (χ2n) is 6.77. The number of carbonyl (C=O) groups is 2. The van der Waals surface area contributed by atoms with Crippen LogP contribution in [0.3, 0.4) is 0 Å². The van der Waals surface area contributed by atoms with Crippen molar-refractivity contribution >= 4 is 11.8 Å². The van der Waals surface area contributed by atoms with Gasteiger partial charge in [-0.05, 0) is 31.0 Å². The first-order chi connectivity index (χ1) is 13.5. The summed E-state index contributed by atoms with van der Waals surface area (Å²) in [4.78, 5) is 27.7. The van der Waals surface area contributed by atoms with Gasteiger partial charge in [0.05, 0.1) is 7.11 Å². The number of aryl methyl sites for hydroxylation is 1. The van der Waals surface area contributed by atoms with E-state index in [1.165, 1.54) is 0 Å². The molecule has 8 nitrogen and oxygen atoms in total. The number of hydrogen-bond donors (Lipinski definition) is 0. The topological polar surface area (TPSA) is 85.1 Å². The van der Waals surface area contributed by atoms with Crippen molar-refractivity contribution in [1.82, 2.24) is 15.0 Å². The summed E-state index contributed by atoms with van der Waals surface area (Å²) in [6, 6.07) is 7.23. The van der Waals surface area contributed by atoms with Gasteiger partial charge in [0.15, 0.2) is 23.0 Å². The van der Waals surface area contributed by atoms with Crippen LogP contribution in [0.1, 0.15) is 35.2 Å². The minimum Gasteiger partial charge on any atom is -0.493 e. The van der Waals surface area contributed by atoms with Crippen LogP contribution in [0, 0.1) is 6.92 Å². The van der Waals surface area contributed by atoms with E-state index in [1.54, 1.807) is 29.9 Å². The third-order valence-electron chi connectivity index (χ3n) is 4.70. The number of aromatic nitrogens is 1. The lowest BCUT2D eigenvalue weighted by molar-refractivity contribution is -0.128. The summed E-state index contributed by atoms with van der Waals surface area (Å²) in [7, 11) is 1.58. The summed E-state index contributed by atoms with van der Waals surface area (Å²) in [6.07, 6.45) is 0.742. The van der Waals surface area contributed by atoms with Gasteiger partial charge >= 0.3 is 0 Å². The number of hydrogen-bond acceptors (Lipinski definition) is 6. The first-order valence-electron chi connectivity index (χ1n) is 9.25. The number of benzene rings is 1. The van der Waals surface area contributed by atoms with E-state index in [0.29, 0.717) is 43.4 Å². The first-order valence-corrected chi connectivity index (χ1v) is 9.25. The largest absolute Gasteiger partial charge is 0.493 e. The van der Waals surface area contributed by atoms with Crippen LogP contribution in [0.25, 0.3) is 0 Å². The third kappa shape index (κ3) is 4.62. The van der Waals surface area contributed by atoms with Crippen LogP contribution in [0.15, 0.2) is 28.8 Å². The molecular formula is C20H25N3O5. The molecule has 0 spiro atoms. The van der Waals surface area contributed by atoms with E-state index in [9.17, 15) is 9.59 Å². The van der Waals surface area contributed by atoms with E-state index in [2.05, 4.69) is 5.16 Å². The fourth-order valence-electron chi connectivity index (χ4n) is 3.12. The molecule has 150 valence electrons. The standard InChI is InChI=1S/C20H25N3O5/c1-14-5-6-18(19(11-14)26-3)27-13-16-12-17(21-28-16)20(25)23-8-4-7-22(9-10-23)15(2)24/h5-6,11-12H,4,7-10,13H2,1-3H3. The summed E-state index contributed by atoms with van der Waals surface area (Å²) >= 11 is 0. The first kappa shape index (κ1) is 19.7. The van der Waals surface area contributed by atoms with E-state index >= 15 is 0 Å². The van der Waals surface area contributed by atoms with Gasteiger partial charge < -0.3 is 23.8 Å². The number of carbonyl (C=O) groups excluding carboxylic acids is 2. The maximum Gasteiger partial charge on any atom is 0.276 e. The fourth-order valence-corrected chi connectivity index (χ4v) is 3.12. The van der Waals surface area contributed by atoms with E-state index in [0.717, 1.165) is 12.0 Å². The van der Waals surface area contributed by atoms with Crippen LogP contribution in [-0.4, -0.2) is 60.1 Å². The lowest BCUT2D eigenvalue weighted by Gasteiger charge is -2.20. The van der Waals surface area contributed by atoms with Gasteiger partial charge in [-0.15, -0.1) is 0 Å². The van der Waals surface area contributed by atoms with Crippen LogP contribution in [0.4, 0.5) is 0 Å². The average molecular weight is 387 g/mol. The molecule has 0 saturated carbocycles. The maximum absolute atomic E-state index is 12.7. The molecule has 2 amide bonds. The predicted molar refractivity (Wildman–Crippen MR) is 101 cm³/mol. The van der Waals surface area contributed by atoms with Gasteiger partial charge in [-0.1, -0.05) is 11.2 Å². The van der Waals surface area contributed by atoms with Crippen molar-refractivity contribution in [2.45, 2.75) is 26.9 Å². The molecule has 0 aliphatic carbocycles. The highest BCUT2D eigenvalue weighted by atomic mass is 16.5. The monoisotopic (exact) mass is 387 g/mol. The zero-order valence-corrected chi connectivity index (χ0v) is 16.4. The zero-order chi connectivity index (χ0) is 20.1. The molecule has 3 rings (SSSR count). The van der Waals surface area contributed by atoms with Crippen LogP contribution < -0.4 is 9.47 Å². The van der Waals surface area contributed by atoms with Crippen molar-refractivity contribution in [2.75, 3.05) is 33.3 Å². The molecule has 1 aromatic carbocycles. The Morgan fingerprint density at radius 1 is 1.11 bits per heavy atom. The molecule has 2 heterocycles. The van der Waals surface area contributed by atoms with E-state index in [4.69, 9.17) is 14.0 Å². The van der Waals surface area contributed by atoms with Crippen molar-refractivity contribution in [3.05, 3.63) is 41.3 Å². The highest BCUT2D eigenvalue weighted by molar-refractivity contribution is 5.92. The average Bonchev–Trinajstić information content (AvgIpc) is 3.01. The minimum absolute atomic E-state index is 0.0294. The Labute approximate surface area is 164 Å². The van der Waals surface area contributed by atoms with Gasteiger partial charge in [-0.2, -0.15) is 0 Å². The SMILES string of the molecule is COc1cc(C)ccc1OCc1cc(C(=O)N2CCCN(C(C)=O)CC2)no1. The van der Waals surface area contributed by atoms with Crippen molar-refractivity contribution in [3.8, 4) is 11.5 Å². The predicted octanol–water partition coefficient (Wildman–Crippen LogP) is 2.27. The fraction of sp³-hybridized carbons (Fsp3) is 0.450. The molecule has 1 aliphatic rings. The summed E-state index contributed by atoms with van der Waals surface area (Å²) in [5.74, 6) is 1.51. The number of nitrogens with zero attached hydrogens (tertiary/aromatic N) is 3. The molecule has 2 aromatic rings. The smallest absolute Gasteiger partial charge is 0.276 e. The third-order valence-corrected chi connectivity index (χ3v) is 4.70. The Bertz CT molecular complexity index is 848. The highest BCUT2D eigenvalue weighted by Gasteiger charge is 2.24. The Morgan fingerprint density at radius 2 is 1.86 bits per heavy atom. The molecule has 1 saturated heterocycles. The van der Waals surface area contributed by atoms with Gasteiger partial charge in [0.25, 0.3) is 5.91 Å². The summed E-state index contributed by atoms with van der Waals surface area (Å²) in [5, 5.41) is 3.89. The van der Waals surface area contributed by atoms with Crippen molar-refractivity contribution < 1.29 is 23.6 Å². The molecule has 1 aromatic heterocycles. The van der Waals surface area contributed by atoms with Gasteiger partial charge in [0.2, 0.25) is 5.91 Å². The second-order valence-corrected chi connectivity index (χ2v) is 6.77. The lowest BCUT2D eigenvalue weighted by Crippen LogP contribution is -2.36. The molecule has 0 N–H and O–H groups in total. The zero-order valence-electron chi connectivity index (χ0n) is 16.4. The summed E-state index contributed by atoms with van der Waals surface area (Å²) < 4.78 is 16.3. The molecule has 28 heavy (non-hydrogen) atoms. The van der Waals surface area contributed by atoms with Crippen molar-refractivity contribution in [2.24, 2.45) is 0 Å². The molecule has 0 unspecified atom stereocenters. The number of methoxy groups -OCH3 is 1. The Hall–Kier alpha value is -3.03. The van der Waals surface area contributed by atoms with Crippen LogP contribution in [0.2, 0.25) is 0 Å². The van der Waals surface area contributed by atoms with E-state index in [1.807, 2.05) is 25.1 Å². The van der Waals surface area contributed by atoms with Gasteiger partial charge in [0, 0.05) is 39.2 Å². The quantitative estimate of drug-likeness (QED) is 0.782. The van der Waals surface area contributed by atoms with Gasteiger partial charge in [-0.3, -0.25) is 9.59 Å². The summed E-state index contributed by atoms with van der Waals surface area (Å²) in [5.41, 5.74) is 1.31. The Balaban J connectivity index is 1.60. The lowest BCUT2D eigenvalue weighted by atomic mass is 10.2. The van der Waals surface area contributed by atoms with Crippen molar-refractivity contribution in [1.29, 1.82) is 0 Å². The Morgan fingerprint density at radius 3 is 2.61 bits per heavy atom. The van der Waals surface area contributed by atoms with Crippen LogP contribution in [0.5, 0.6) is 11.5 Å². The van der Waals surface area contributed by atoms with Crippen molar-refractivity contribution in [3.63, 3.8) is 0 Å². The normalized spacial score (nSPS) is 14.5. The summed E-state index contributed by atoms with van der Waals surface area (Å²) in [6.45, 7) is 5.92.